The number of benzene rings is 1. The van der Waals surface area contributed by atoms with Gasteiger partial charge in [0.25, 0.3) is 18.2 Å². The Bertz CT molecular complexity index is 1120. The molecule has 0 bridgehead atoms. The Kier molecular flexibility index (Phi) is 5.56. The van der Waals surface area contributed by atoms with Crippen LogP contribution in [-0.4, -0.2) is 29.4 Å². The average Bonchev–Trinajstić information content (AvgIpc) is 3.65. The van der Waals surface area contributed by atoms with Gasteiger partial charge in [-0.2, -0.15) is 4.98 Å². The number of halogens is 3. The Hall–Kier alpha value is -3.52. The maximum absolute atomic E-state index is 14.7. The van der Waals surface area contributed by atoms with Gasteiger partial charge in [-0.05, 0) is 43.4 Å². The minimum absolute atomic E-state index is 0.00512. The van der Waals surface area contributed by atoms with Crippen LogP contribution in [0.4, 0.5) is 23.7 Å². The second-order valence-corrected chi connectivity index (χ2v) is 7.90. The van der Waals surface area contributed by atoms with Crippen molar-refractivity contribution < 1.29 is 27.2 Å². The molecule has 1 heterocycles. The molecule has 0 aliphatic heterocycles. The van der Waals surface area contributed by atoms with Crippen LogP contribution in [0, 0.1) is 29.5 Å². The van der Waals surface area contributed by atoms with E-state index in [4.69, 9.17) is 15.9 Å². The van der Waals surface area contributed by atoms with E-state index in [2.05, 4.69) is 22.1 Å². The highest BCUT2D eigenvalue weighted by atomic mass is 19.3. The highest BCUT2D eigenvalue weighted by molar-refractivity contribution is 6.02. The summed E-state index contributed by atoms with van der Waals surface area (Å²) in [6.07, 6.45) is 0.0778. The van der Waals surface area contributed by atoms with E-state index in [0.29, 0.717) is 5.92 Å². The molecule has 1 aromatic carbocycles. The summed E-state index contributed by atoms with van der Waals surface area (Å²) in [6.45, 7) is 0. The number of carbonyl (C=O) groups excluding carboxylic acids is 2. The van der Waals surface area contributed by atoms with Gasteiger partial charge in [-0.1, -0.05) is 5.92 Å². The minimum atomic E-state index is -3.21. The maximum atomic E-state index is 14.7. The van der Waals surface area contributed by atoms with Gasteiger partial charge in [-0.3, -0.25) is 4.79 Å². The first kappa shape index (κ1) is 21.7. The van der Waals surface area contributed by atoms with Crippen molar-refractivity contribution in [1.29, 1.82) is 0 Å². The van der Waals surface area contributed by atoms with Crippen LogP contribution in [0.5, 0.6) is 0 Å². The number of rotatable bonds is 6. The van der Waals surface area contributed by atoms with E-state index in [1.165, 1.54) is 6.07 Å². The predicted octanol–water partition coefficient (Wildman–Crippen LogP) is 2.30. The Balaban J connectivity index is 1.61. The highest BCUT2D eigenvalue weighted by Gasteiger charge is 2.59. The second kappa shape index (κ2) is 8.20. The summed E-state index contributed by atoms with van der Waals surface area (Å²) in [6, 6.07) is 1.21. The molecule has 2 saturated carbocycles. The molecule has 8 nitrogen and oxygen atoms in total. The first-order chi connectivity index (χ1) is 15.2. The van der Waals surface area contributed by atoms with E-state index in [1.807, 2.05) is 5.32 Å². The van der Waals surface area contributed by atoms with Gasteiger partial charge < -0.3 is 26.5 Å². The third-order valence-electron chi connectivity index (χ3n) is 5.47. The van der Waals surface area contributed by atoms with Gasteiger partial charge >= 0.3 is 6.03 Å². The van der Waals surface area contributed by atoms with E-state index >= 15 is 0 Å². The molecule has 2 fully saturated rings. The van der Waals surface area contributed by atoms with Gasteiger partial charge in [-0.25, -0.2) is 18.0 Å². The lowest BCUT2D eigenvalue weighted by molar-refractivity contribution is 0.0171. The number of oxazole rings is 1. The number of hydrogen-bond donors (Lipinski definition) is 4. The Labute approximate surface area is 180 Å². The lowest BCUT2D eigenvalue weighted by Crippen LogP contribution is -2.56. The van der Waals surface area contributed by atoms with Gasteiger partial charge in [0.1, 0.15) is 17.6 Å². The van der Waals surface area contributed by atoms with Gasteiger partial charge in [0.15, 0.2) is 5.69 Å². The van der Waals surface area contributed by atoms with Crippen molar-refractivity contribution in [1.82, 2.24) is 10.3 Å². The molecule has 6 N–H and O–H groups in total. The third kappa shape index (κ3) is 4.27. The van der Waals surface area contributed by atoms with E-state index in [9.17, 15) is 22.8 Å². The summed E-state index contributed by atoms with van der Waals surface area (Å²) < 4.78 is 48.3. The van der Waals surface area contributed by atoms with Crippen LogP contribution in [0.25, 0.3) is 0 Å². The summed E-state index contributed by atoms with van der Waals surface area (Å²) in [5, 5.41) is 4.45. The Morgan fingerprint density at radius 3 is 2.62 bits per heavy atom. The number of carbonyl (C=O) groups is 2. The number of hydrogen-bond acceptors (Lipinski definition) is 5. The fraction of sp³-hybridized carbons (Fsp3) is 0.381. The van der Waals surface area contributed by atoms with Gasteiger partial charge in [0.2, 0.25) is 0 Å². The molecule has 0 unspecified atom stereocenters. The number of nitrogens with two attached hydrogens (primary N) is 2. The number of nitrogens with one attached hydrogen (secondary N) is 2. The standard InChI is InChI=1S/C21H20F3N5O3/c22-14-5-4-11(27-18(30)16-9-32-17(28-16)6-3-10-1-2-10)7-12(14)21(19(23)24,29-20(26)31)13-8-15(13)25/h4-5,7,9-10,13,15,19H,1-2,8,25H2,(H,27,30)(H3,26,29,31)/t13-,15+,21+/m0/s1. The lowest BCUT2D eigenvalue weighted by atomic mass is 9.84. The Morgan fingerprint density at radius 1 is 1.31 bits per heavy atom. The number of alkyl halides is 2. The first-order valence-corrected chi connectivity index (χ1v) is 9.90. The van der Waals surface area contributed by atoms with Crippen molar-refractivity contribution >= 4 is 17.6 Å². The summed E-state index contributed by atoms with van der Waals surface area (Å²) in [5.41, 5.74) is 7.82. The van der Waals surface area contributed by atoms with E-state index in [-0.39, 0.29) is 23.7 Å². The largest absolute Gasteiger partial charge is 0.438 e. The second-order valence-electron chi connectivity index (χ2n) is 7.90. The molecule has 0 saturated heterocycles. The molecule has 2 aliphatic carbocycles. The monoisotopic (exact) mass is 447 g/mol. The zero-order valence-electron chi connectivity index (χ0n) is 16.7. The van der Waals surface area contributed by atoms with Gasteiger partial charge in [0, 0.05) is 29.1 Å². The number of primary amides is 1. The molecular formula is C21H20F3N5O3. The fourth-order valence-electron chi connectivity index (χ4n) is 3.58. The molecule has 3 atom stereocenters. The highest BCUT2D eigenvalue weighted by Crippen LogP contribution is 2.49. The van der Waals surface area contributed by atoms with Crippen LogP contribution in [-0.2, 0) is 5.54 Å². The zero-order valence-corrected chi connectivity index (χ0v) is 16.7. The zero-order chi connectivity index (χ0) is 23.0. The van der Waals surface area contributed by atoms with Crippen molar-refractivity contribution in [3.05, 3.63) is 47.4 Å². The van der Waals surface area contributed by atoms with Crippen LogP contribution >= 0.6 is 0 Å². The molecule has 4 rings (SSSR count). The molecule has 0 radical (unpaired) electrons. The van der Waals surface area contributed by atoms with Crippen LogP contribution in [0.1, 0.15) is 41.2 Å². The average molecular weight is 447 g/mol. The topological polar surface area (TPSA) is 136 Å². The molecule has 32 heavy (non-hydrogen) atoms. The number of urea groups is 1. The van der Waals surface area contributed by atoms with Crippen molar-refractivity contribution in [3.63, 3.8) is 0 Å². The summed E-state index contributed by atoms with van der Waals surface area (Å²) >= 11 is 0. The van der Waals surface area contributed by atoms with Crippen molar-refractivity contribution in [2.24, 2.45) is 23.3 Å². The fourth-order valence-corrected chi connectivity index (χ4v) is 3.58. The number of aromatic nitrogens is 1. The normalized spacial score (nSPS) is 21.3. The van der Waals surface area contributed by atoms with E-state index in [1.54, 1.807) is 0 Å². The first-order valence-electron chi connectivity index (χ1n) is 9.90. The van der Waals surface area contributed by atoms with Crippen molar-refractivity contribution in [2.45, 2.75) is 37.3 Å². The molecule has 2 aromatic rings. The molecule has 3 amide bonds. The molecule has 2 aliphatic rings. The summed E-state index contributed by atoms with van der Waals surface area (Å²) in [5.74, 6) is 3.43. The van der Waals surface area contributed by atoms with Gasteiger partial charge in [-0.15, -0.1) is 0 Å². The molecular weight excluding hydrogens is 427 g/mol. The number of nitrogens with zero attached hydrogens (tertiary/aromatic N) is 1. The van der Waals surface area contributed by atoms with Crippen LogP contribution < -0.4 is 22.1 Å². The van der Waals surface area contributed by atoms with Crippen LogP contribution in [0.3, 0.4) is 0 Å². The number of anilines is 1. The molecule has 11 heteroatoms. The third-order valence-corrected chi connectivity index (χ3v) is 5.47. The van der Waals surface area contributed by atoms with Crippen LogP contribution in [0.2, 0.25) is 0 Å². The van der Waals surface area contributed by atoms with E-state index in [0.717, 1.165) is 31.2 Å². The smallest absolute Gasteiger partial charge is 0.313 e. The lowest BCUT2D eigenvalue weighted by Gasteiger charge is -2.35. The maximum Gasteiger partial charge on any atom is 0.313 e. The summed E-state index contributed by atoms with van der Waals surface area (Å²) in [4.78, 5) is 28.0. The van der Waals surface area contributed by atoms with Crippen molar-refractivity contribution in [3.8, 4) is 11.8 Å². The van der Waals surface area contributed by atoms with Gasteiger partial charge in [0.05, 0.1) is 0 Å². The predicted molar refractivity (Wildman–Crippen MR) is 107 cm³/mol. The minimum Gasteiger partial charge on any atom is -0.438 e. The van der Waals surface area contributed by atoms with Crippen molar-refractivity contribution in [2.75, 3.05) is 5.32 Å². The van der Waals surface area contributed by atoms with E-state index < -0.39 is 47.2 Å². The summed E-state index contributed by atoms with van der Waals surface area (Å²) in [7, 11) is 0. The van der Waals surface area contributed by atoms with Crippen LogP contribution in [0.15, 0.2) is 28.9 Å². The molecule has 0 spiro atoms. The Morgan fingerprint density at radius 2 is 2.03 bits per heavy atom. The quantitative estimate of drug-likeness (QED) is 0.504. The molecule has 168 valence electrons. The molecule has 1 aromatic heterocycles. The SMILES string of the molecule is NC(=O)N[C@@](c1cc(NC(=O)c2coc(C#CC3CC3)n2)ccc1F)(C(F)F)[C@H]1C[C@H]1N. The number of amides is 3.